The molecule has 8 heteroatoms. The van der Waals surface area contributed by atoms with Gasteiger partial charge < -0.3 is 19.7 Å². The van der Waals surface area contributed by atoms with Crippen molar-refractivity contribution in [3.05, 3.63) is 77.1 Å². The Morgan fingerprint density at radius 1 is 1.11 bits per heavy atom. The summed E-state index contributed by atoms with van der Waals surface area (Å²) in [7, 11) is 0. The Kier molecular flexibility index (Phi) is 14.2. The van der Waals surface area contributed by atoms with Crippen LogP contribution in [-0.4, -0.2) is 54.3 Å². The molecule has 1 heterocycles. The molecule has 0 bridgehead atoms. The first kappa shape index (κ1) is 31.5. The fourth-order valence-electron chi connectivity index (χ4n) is 3.67. The van der Waals surface area contributed by atoms with Gasteiger partial charge in [-0.25, -0.2) is 0 Å². The second-order valence-corrected chi connectivity index (χ2v) is 8.31. The SMILES string of the molecule is C/C=C\OCCN1CCc2ccc(OCC(O)O)cc2C(C)C1.CC.Cc1ccc(C(F)(F)F)cc1. The van der Waals surface area contributed by atoms with E-state index in [0.717, 1.165) is 43.8 Å². The molecule has 0 aromatic heterocycles. The van der Waals surface area contributed by atoms with Gasteiger partial charge >= 0.3 is 6.18 Å². The number of nitrogens with zero attached hydrogens (tertiary/aromatic N) is 1. The lowest BCUT2D eigenvalue weighted by Gasteiger charge is -2.22. The highest BCUT2D eigenvalue weighted by Crippen LogP contribution is 2.30. The molecule has 202 valence electrons. The van der Waals surface area contributed by atoms with Crippen LogP contribution in [0.15, 0.2) is 54.8 Å². The number of aryl methyl sites for hydroxylation is 1. The summed E-state index contributed by atoms with van der Waals surface area (Å²) in [6.07, 6.45) is -1.03. The van der Waals surface area contributed by atoms with Gasteiger partial charge in [-0.2, -0.15) is 13.2 Å². The van der Waals surface area contributed by atoms with E-state index in [1.807, 2.05) is 39.0 Å². The lowest BCUT2D eigenvalue weighted by molar-refractivity contribution is -0.137. The van der Waals surface area contributed by atoms with Crippen molar-refractivity contribution in [2.45, 2.75) is 59.4 Å². The van der Waals surface area contributed by atoms with E-state index in [0.29, 0.717) is 18.3 Å². The Hall–Kier alpha value is -2.55. The zero-order valence-electron chi connectivity index (χ0n) is 21.9. The van der Waals surface area contributed by atoms with Crippen molar-refractivity contribution in [1.82, 2.24) is 4.90 Å². The first-order chi connectivity index (χ1) is 17.1. The average Bonchev–Trinajstić information content (AvgIpc) is 3.00. The molecule has 0 aliphatic carbocycles. The maximum atomic E-state index is 11.9. The predicted molar refractivity (Wildman–Crippen MR) is 137 cm³/mol. The van der Waals surface area contributed by atoms with Gasteiger partial charge in [0, 0.05) is 19.6 Å². The molecular weight excluding hydrogens is 471 g/mol. The van der Waals surface area contributed by atoms with E-state index in [2.05, 4.69) is 17.9 Å². The van der Waals surface area contributed by atoms with Gasteiger partial charge in [0.15, 0.2) is 6.29 Å². The van der Waals surface area contributed by atoms with E-state index in [1.165, 1.54) is 23.3 Å². The van der Waals surface area contributed by atoms with Crippen LogP contribution in [0.2, 0.25) is 0 Å². The molecule has 0 radical (unpaired) electrons. The fraction of sp³-hybridized carbons (Fsp3) is 0.500. The molecule has 2 aromatic carbocycles. The third-order valence-corrected chi connectivity index (χ3v) is 5.41. The van der Waals surface area contributed by atoms with E-state index in [-0.39, 0.29) is 6.61 Å². The number of fused-ring (bicyclic) bond motifs is 1. The maximum absolute atomic E-state index is 11.9. The van der Waals surface area contributed by atoms with Gasteiger partial charge in [0.25, 0.3) is 0 Å². The summed E-state index contributed by atoms with van der Waals surface area (Å²) in [6, 6.07) is 11.1. The Morgan fingerprint density at radius 3 is 2.36 bits per heavy atom. The average molecular weight is 512 g/mol. The first-order valence-electron chi connectivity index (χ1n) is 12.3. The molecule has 3 rings (SSSR count). The molecular formula is C28H40F3NO4. The summed E-state index contributed by atoms with van der Waals surface area (Å²) in [5.74, 6) is 1.09. The van der Waals surface area contributed by atoms with E-state index < -0.39 is 18.0 Å². The summed E-state index contributed by atoms with van der Waals surface area (Å²) in [6.45, 7) is 13.4. The number of ether oxygens (including phenoxy) is 2. The van der Waals surface area contributed by atoms with E-state index in [1.54, 1.807) is 13.2 Å². The minimum Gasteiger partial charge on any atom is -0.500 e. The zero-order chi connectivity index (χ0) is 27.1. The lowest BCUT2D eigenvalue weighted by Crippen LogP contribution is -2.30. The number of hydrogen-bond donors (Lipinski definition) is 2. The summed E-state index contributed by atoms with van der Waals surface area (Å²) in [5.41, 5.74) is 2.86. The van der Waals surface area contributed by atoms with Gasteiger partial charge in [-0.1, -0.05) is 50.6 Å². The van der Waals surface area contributed by atoms with Crippen molar-refractivity contribution in [1.29, 1.82) is 0 Å². The number of benzene rings is 2. The van der Waals surface area contributed by atoms with Crippen molar-refractivity contribution in [2.24, 2.45) is 0 Å². The molecule has 1 unspecified atom stereocenters. The minimum atomic E-state index is -4.21. The van der Waals surface area contributed by atoms with Crippen molar-refractivity contribution in [2.75, 3.05) is 32.8 Å². The first-order valence-corrected chi connectivity index (χ1v) is 12.3. The van der Waals surface area contributed by atoms with Gasteiger partial charge in [0.2, 0.25) is 0 Å². The second kappa shape index (κ2) is 16.2. The summed E-state index contributed by atoms with van der Waals surface area (Å²) >= 11 is 0. The number of alkyl halides is 3. The Balaban J connectivity index is 0.000000417. The van der Waals surface area contributed by atoms with Crippen LogP contribution < -0.4 is 4.74 Å². The van der Waals surface area contributed by atoms with Crippen LogP contribution in [-0.2, 0) is 17.3 Å². The number of aliphatic hydroxyl groups excluding tert-OH is 1. The topological polar surface area (TPSA) is 62.2 Å². The normalized spacial score (nSPS) is 15.8. The van der Waals surface area contributed by atoms with Crippen molar-refractivity contribution < 1.29 is 32.9 Å². The van der Waals surface area contributed by atoms with Crippen LogP contribution in [0.5, 0.6) is 5.75 Å². The van der Waals surface area contributed by atoms with Crippen molar-refractivity contribution in [3.63, 3.8) is 0 Å². The van der Waals surface area contributed by atoms with E-state index in [4.69, 9.17) is 19.7 Å². The Bertz CT molecular complexity index is 899. The van der Waals surface area contributed by atoms with Crippen LogP contribution in [0, 0.1) is 6.92 Å². The molecule has 1 atom stereocenters. The maximum Gasteiger partial charge on any atom is 0.416 e. The molecule has 0 saturated heterocycles. The molecule has 0 saturated carbocycles. The zero-order valence-corrected chi connectivity index (χ0v) is 21.9. The largest absolute Gasteiger partial charge is 0.500 e. The predicted octanol–water partition coefficient (Wildman–Crippen LogP) is 5.93. The third kappa shape index (κ3) is 11.5. The molecule has 0 amide bonds. The van der Waals surface area contributed by atoms with Gasteiger partial charge in [0.1, 0.15) is 12.4 Å². The van der Waals surface area contributed by atoms with Gasteiger partial charge in [-0.15, -0.1) is 0 Å². The van der Waals surface area contributed by atoms with E-state index in [9.17, 15) is 13.2 Å². The summed E-state index contributed by atoms with van der Waals surface area (Å²) in [5, 5.41) is 17.8. The van der Waals surface area contributed by atoms with Crippen molar-refractivity contribution in [3.8, 4) is 5.75 Å². The summed E-state index contributed by atoms with van der Waals surface area (Å²) in [4.78, 5) is 2.42. The highest BCUT2D eigenvalue weighted by molar-refractivity contribution is 5.39. The van der Waals surface area contributed by atoms with E-state index >= 15 is 0 Å². The van der Waals surface area contributed by atoms with Crippen LogP contribution in [0.25, 0.3) is 0 Å². The lowest BCUT2D eigenvalue weighted by atomic mass is 9.95. The highest BCUT2D eigenvalue weighted by atomic mass is 19.4. The Morgan fingerprint density at radius 2 is 1.78 bits per heavy atom. The van der Waals surface area contributed by atoms with Crippen LogP contribution >= 0.6 is 0 Å². The fourth-order valence-corrected chi connectivity index (χ4v) is 3.67. The quantitative estimate of drug-likeness (QED) is 0.274. The molecule has 5 nitrogen and oxygen atoms in total. The molecule has 1 aliphatic heterocycles. The van der Waals surface area contributed by atoms with Gasteiger partial charge in [-0.3, -0.25) is 4.90 Å². The molecule has 0 spiro atoms. The highest BCUT2D eigenvalue weighted by Gasteiger charge is 2.29. The molecule has 0 fully saturated rings. The van der Waals surface area contributed by atoms with Gasteiger partial charge in [-0.05, 0) is 61.6 Å². The van der Waals surface area contributed by atoms with Crippen molar-refractivity contribution >= 4 is 0 Å². The standard InChI is InChI=1S/C18H27NO4.C8H7F3.C2H6/c1-3-9-22-10-8-19-7-6-15-4-5-16(23-13-18(20)21)11-17(15)14(2)12-19;1-6-2-4-7(5-3-6)8(9,10)11;1-2/h3-5,9,11,14,18,20-21H,6-8,10,12-13H2,1-2H3;2-5H,1H3;1-2H3/b9-3-;;. The van der Waals surface area contributed by atoms with Crippen LogP contribution in [0.3, 0.4) is 0 Å². The smallest absolute Gasteiger partial charge is 0.416 e. The second-order valence-electron chi connectivity index (χ2n) is 8.31. The summed E-state index contributed by atoms with van der Waals surface area (Å²) < 4.78 is 46.6. The number of halogens is 3. The monoisotopic (exact) mass is 511 g/mol. The minimum absolute atomic E-state index is 0.110. The number of allylic oxidation sites excluding steroid dienone is 1. The van der Waals surface area contributed by atoms with Crippen LogP contribution in [0.4, 0.5) is 13.2 Å². The molecule has 36 heavy (non-hydrogen) atoms. The third-order valence-electron chi connectivity index (χ3n) is 5.41. The molecule has 2 aromatic rings. The molecule has 1 aliphatic rings. The van der Waals surface area contributed by atoms with Gasteiger partial charge in [0.05, 0.1) is 18.4 Å². The van der Waals surface area contributed by atoms with Crippen LogP contribution in [0.1, 0.15) is 55.9 Å². The number of hydrogen-bond acceptors (Lipinski definition) is 5. The Labute approximate surface area is 213 Å². The molecule has 2 N–H and O–H groups in total. The number of aliphatic hydroxyl groups is 2. The number of rotatable bonds is 7.